The molecule has 102 valence electrons. The minimum Gasteiger partial charge on any atom is -0.392 e. The zero-order valence-electron chi connectivity index (χ0n) is 11.6. The van der Waals surface area contributed by atoms with Crippen LogP contribution < -0.4 is 4.90 Å². The fourth-order valence-corrected chi connectivity index (χ4v) is 2.28. The predicted octanol–water partition coefficient (Wildman–Crippen LogP) is 3.58. The van der Waals surface area contributed by atoms with Crippen molar-refractivity contribution in [1.29, 1.82) is 0 Å². The Kier molecular flexibility index (Phi) is 6.13. The normalized spacial score (nSPS) is 11.0. The Hall–Kier alpha value is -1.09. The van der Waals surface area contributed by atoms with Crippen molar-refractivity contribution < 1.29 is 9.50 Å². The Bertz CT molecular complexity index is 364. The minimum atomic E-state index is -0.241. The Morgan fingerprint density at radius 1 is 1.22 bits per heavy atom. The van der Waals surface area contributed by atoms with Crippen LogP contribution in [-0.4, -0.2) is 18.2 Å². The van der Waals surface area contributed by atoms with Gasteiger partial charge in [-0.25, -0.2) is 4.39 Å². The molecule has 1 aromatic rings. The van der Waals surface area contributed by atoms with E-state index in [4.69, 9.17) is 0 Å². The molecule has 0 radical (unpaired) electrons. The molecule has 18 heavy (non-hydrogen) atoms. The van der Waals surface area contributed by atoms with Crippen molar-refractivity contribution in [2.45, 2.75) is 40.2 Å². The van der Waals surface area contributed by atoms with Crippen LogP contribution >= 0.6 is 0 Å². The van der Waals surface area contributed by atoms with Gasteiger partial charge in [0.15, 0.2) is 0 Å². The molecular weight excluding hydrogens is 229 g/mol. The van der Waals surface area contributed by atoms with E-state index in [1.165, 1.54) is 6.07 Å². The molecule has 1 rings (SSSR count). The summed E-state index contributed by atoms with van der Waals surface area (Å²) in [6.45, 7) is 7.83. The van der Waals surface area contributed by atoms with E-state index in [9.17, 15) is 9.50 Å². The average molecular weight is 253 g/mol. The molecule has 0 spiro atoms. The van der Waals surface area contributed by atoms with Gasteiger partial charge < -0.3 is 10.0 Å². The van der Waals surface area contributed by atoms with Crippen LogP contribution in [0.1, 0.15) is 39.2 Å². The number of halogens is 1. The average Bonchev–Trinajstić information content (AvgIpc) is 2.41. The number of aliphatic hydroxyl groups excluding tert-OH is 1. The molecule has 3 heteroatoms. The highest BCUT2D eigenvalue weighted by atomic mass is 19.1. The smallest absolute Gasteiger partial charge is 0.146 e. The van der Waals surface area contributed by atoms with Crippen molar-refractivity contribution in [3.05, 3.63) is 29.6 Å². The van der Waals surface area contributed by atoms with Crippen molar-refractivity contribution in [2.24, 2.45) is 5.92 Å². The first-order valence-corrected chi connectivity index (χ1v) is 6.80. The molecule has 1 aromatic carbocycles. The van der Waals surface area contributed by atoms with Gasteiger partial charge in [0.05, 0.1) is 12.3 Å². The van der Waals surface area contributed by atoms with Gasteiger partial charge in [-0.05, 0) is 18.9 Å². The van der Waals surface area contributed by atoms with Crippen molar-refractivity contribution >= 4 is 5.69 Å². The second-order valence-corrected chi connectivity index (χ2v) is 4.63. The van der Waals surface area contributed by atoms with Gasteiger partial charge in [-0.2, -0.15) is 0 Å². The predicted molar refractivity (Wildman–Crippen MR) is 74.3 cm³/mol. The quantitative estimate of drug-likeness (QED) is 0.803. The molecule has 0 heterocycles. The third-order valence-electron chi connectivity index (χ3n) is 3.57. The van der Waals surface area contributed by atoms with Gasteiger partial charge in [0.2, 0.25) is 0 Å². The Morgan fingerprint density at radius 2 is 1.89 bits per heavy atom. The summed E-state index contributed by atoms with van der Waals surface area (Å²) in [5.74, 6) is 0.324. The Balaban J connectivity index is 3.00. The van der Waals surface area contributed by atoms with Crippen LogP contribution in [0.4, 0.5) is 10.1 Å². The van der Waals surface area contributed by atoms with E-state index in [0.29, 0.717) is 17.2 Å². The summed E-state index contributed by atoms with van der Waals surface area (Å²) in [6.07, 6.45) is 2.19. The summed E-state index contributed by atoms with van der Waals surface area (Å²) in [5.41, 5.74) is 1.23. The Labute approximate surface area is 109 Å². The molecular formula is C15H24FNO. The highest BCUT2D eigenvalue weighted by Gasteiger charge is 2.17. The van der Waals surface area contributed by atoms with E-state index in [1.54, 1.807) is 12.1 Å². The van der Waals surface area contributed by atoms with Gasteiger partial charge in [0, 0.05) is 18.7 Å². The third-order valence-corrected chi connectivity index (χ3v) is 3.57. The first kappa shape index (κ1) is 15.0. The maximum Gasteiger partial charge on any atom is 0.146 e. The molecule has 0 unspecified atom stereocenters. The third kappa shape index (κ3) is 3.45. The summed E-state index contributed by atoms with van der Waals surface area (Å²) in [6, 6.07) is 4.90. The number of nitrogens with zero attached hydrogens (tertiary/aromatic N) is 1. The molecule has 0 aliphatic rings. The fourth-order valence-electron chi connectivity index (χ4n) is 2.28. The van der Waals surface area contributed by atoms with Gasteiger partial charge in [-0.15, -0.1) is 0 Å². The lowest BCUT2D eigenvalue weighted by atomic mass is 10.0. The topological polar surface area (TPSA) is 23.5 Å². The van der Waals surface area contributed by atoms with Crippen LogP contribution in [-0.2, 0) is 6.61 Å². The summed E-state index contributed by atoms with van der Waals surface area (Å²) in [4.78, 5) is 2.04. The number of benzene rings is 1. The number of aliphatic hydroxyl groups is 1. The lowest BCUT2D eigenvalue weighted by molar-refractivity contribution is 0.281. The summed E-state index contributed by atoms with van der Waals surface area (Å²) < 4.78 is 14.0. The zero-order chi connectivity index (χ0) is 13.5. The molecule has 1 N–H and O–H groups in total. The van der Waals surface area contributed by atoms with Crippen molar-refractivity contribution in [1.82, 2.24) is 0 Å². The molecule has 0 aliphatic heterocycles. The zero-order valence-corrected chi connectivity index (χ0v) is 11.6. The van der Waals surface area contributed by atoms with Gasteiger partial charge in [0.25, 0.3) is 0 Å². The van der Waals surface area contributed by atoms with Crippen LogP contribution in [0, 0.1) is 11.7 Å². The van der Waals surface area contributed by atoms with E-state index in [2.05, 4.69) is 13.8 Å². The SMILES string of the molecule is CCC(CC)CN(CC)c1c(F)cccc1CO. The van der Waals surface area contributed by atoms with Crippen LogP contribution in [0.2, 0.25) is 0 Å². The van der Waals surface area contributed by atoms with Gasteiger partial charge in [-0.3, -0.25) is 0 Å². The number of hydrogen-bond acceptors (Lipinski definition) is 2. The number of anilines is 1. The monoisotopic (exact) mass is 253 g/mol. The van der Waals surface area contributed by atoms with Crippen molar-refractivity contribution in [2.75, 3.05) is 18.0 Å². The van der Waals surface area contributed by atoms with E-state index >= 15 is 0 Å². The van der Waals surface area contributed by atoms with Gasteiger partial charge in [0.1, 0.15) is 5.82 Å². The fraction of sp³-hybridized carbons (Fsp3) is 0.600. The number of para-hydroxylation sites is 1. The lowest BCUT2D eigenvalue weighted by Gasteiger charge is -2.29. The van der Waals surface area contributed by atoms with E-state index < -0.39 is 0 Å². The minimum absolute atomic E-state index is 0.119. The van der Waals surface area contributed by atoms with Crippen molar-refractivity contribution in [3.8, 4) is 0 Å². The molecule has 0 amide bonds. The van der Waals surface area contributed by atoms with Gasteiger partial charge >= 0.3 is 0 Å². The maximum atomic E-state index is 14.0. The molecule has 0 bridgehead atoms. The molecule has 0 aromatic heterocycles. The van der Waals surface area contributed by atoms with Crippen LogP contribution in [0.3, 0.4) is 0 Å². The van der Waals surface area contributed by atoms with Gasteiger partial charge in [-0.1, -0.05) is 38.8 Å². The first-order valence-electron chi connectivity index (χ1n) is 6.80. The van der Waals surface area contributed by atoms with E-state index in [1.807, 2.05) is 11.8 Å². The van der Waals surface area contributed by atoms with Crippen LogP contribution in [0.5, 0.6) is 0 Å². The largest absolute Gasteiger partial charge is 0.392 e. The standard InChI is InChI=1S/C15H24FNO/c1-4-12(5-2)10-17(6-3)15-13(11-18)8-7-9-14(15)16/h7-9,12,18H,4-6,10-11H2,1-3H3. The van der Waals surface area contributed by atoms with Crippen LogP contribution in [0.15, 0.2) is 18.2 Å². The lowest BCUT2D eigenvalue weighted by Crippen LogP contribution is -2.30. The Morgan fingerprint density at radius 3 is 2.39 bits per heavy atom. The molecule has 2 nitrogen and oxygen atoms in total. The number of hydrogen-bond donors (Lipinski definition) is 1. The number of rotatable bonds is 7. The molecule has 0 aliphatic carbocycles. The summed E-state index contributed by atoms with van der Waals surface area (Å²) >= 11 is 0. The highest BCUT2D eigenvalue weighted by Crippen LogP contribution is 2.26. The van der Waals surface area contributed by atoms with E-state index in [0.717, 1.165) is 25.9 Å². The molecule has 0 saturated carbocycles. The second kappa shape index (κ2) is 7.37. The summed E-state index contributed by atoms with van der Waals surface area (Å²) in [7, 11) is 0. The van der Waals surface area contributed by atoms with E-state index in [-0.39, 0.29) is 12.4 Å². The summed E-state index contributed by atoms with van der Waals surface area (Å²) in [5, 5.41) is 9.34. The molecule has 0 saturated heterocycles. The molecule has 0 fully saturated rings. The van der Waals surface area contributed by atoms with Crippen molar-refractivity contribution in [3.63, 3.8) is 0 Å². The highest BCUT2D eigenvalue weighted by molar-refractivity contribution is 5.54. The second-order valence-electron chi connectivity index (χ2n) is 4.63. The van der Waals surface area contributed by atoms with Crippen LogP contribution in [0.25, 0.3) is 0 Å². The first-order chi connectivity index (χ1) is 8.67. The molecule has 0 atom stereocenters. The maximum absolute atomic E-state index is 14.0.